The Balaban J connectivity index is 2.56. The Morgan fingerprint density at radius 1 is 1.62 bits per heavy atom. The summed E-state index contributed by atoms with van der Waals surface area (Å²) in [6.07, 6.45) is 3.13. The van der Waals surface area contributed by atoms with Crippen molar-refractivity contribution in [3.05, 3.63) is 18.2 Å². The molecule has 1 unspecified atom stereocenters. The molecule has 0 bridgehead atoms. The molecule has 0 aliphatic carbocycles. The molecule has 1 aromatic heterocycles. The van der Waals surface area contributed by atoms with Crippen LogP contribution in [0.15, 0.2) is 12.4 Å². The zero-order valence-corrected chi connectivity index (χ0v) is 9.77. The van der Waals surface area contributed by atoms with Gasteiger partial charge in [0.05, 0.1) is 0 Å². The normalized spacial score (nSPS) is 12.2. The van der Waals surface area contributed by atoms with Crippen molar-refractivity contribution in [2.24, 2.45) is 5.92 Å². The molecule has 86 valence electrons. The molecule has 0 spiro atoms. The molecule has 0 saturated carbocycles. The molecule has 0 saturated heterocycles. The van der Waals surface area contributed by atoms with Crippen LogP contribution < -0.4 is 5.32 Å². The summed E-state index contributed by atoms with van der Waals surface area (Å²) in [6.45, 7) is 6.19. The van der Waals surface area contributed by atoms with Crippen molar-refractivity contribution in [1.82, 2.24) is 14.9 Å². The van der Waals surface area contributed by atoms with Crippen LogP contribution in [0.3, 0.4) is 0 Å². The van der Waals surface area contributed by atoms with Gasteiger partial charge in [0.2, 0.25) is 11.7 Å². The predicted octanol–water partition coefficient (Wildman–Crippen LogP) is 0.915. The Kier molecular flexibility index (Phi) is 4.06. The van der Waals surface area contributed by atoms with Gasteiger partial charge in [-0.1, -0.05) is 13.8 Å². The second-order valence-corrected chi connectivity index (χ2v) is 4.09. The molecule has 0 fully saturated rings. The summed E-state index contributed by atoms with van der Waals surface area (Å²) in [4.78, 5) is 15.4. The number of amides is 1. The van der Waals surface area contributed by atoms with Crippen LogP contribution in [-0.4, -0.2) is 21.5 Å². The minimum absolute atomic E-state index is 0.101. The summed E-state index contributed by atoms with van der Waals surface area (Å²) >= 11 is 0. The number of rotatable bonds is 4. The van der Waals surface area contributed by atoms with Gasteiger partial charge in [0.25, 0.3) is 0 Å². The quantitative estimate of drug-likeness (QED) is 0.820. The summed E-state index contributed by atoms with van der Waals surface area (Å²) in [5.41, 5.74) is 0. The SMILES string of the molecule is CC(C)C(C)NC(=O)Cn1ccnc1C#N. The lowest BCUT2D eigenvalue weighted by molar-refractivity contribution is -0.122. The smallest absolute Gasteiger partial charge is 0.240 e. The Morgan fingerprint density at radius 3 is 2.88 bits per heavy atom. The molecule has 0 aliphatic rings. The molecule has 1 amide bonds. The van der Waals surface area contributed by atoms with E-state index in [1.54, 1.807) is 6.20 Å². The molecular weight excluding hydrogens is 204 g/mol. The fraction of sp³-hybridized carbons (Fsp3) is 0.545. The summed E-state index contributed by atoms with van der Waals surface area (Å²) in [5, 5.41) is 11.6. The average molecular weight is 220 g/mol. The predicted molar refractivity (Wildman–Crippen MR) is 59.4 cm³/mol. The van der Waals surface area contributed by atoms with Gasteiger partial charge in [-0.2, -0.15) is 5.26 Å². The highest BCUT2D eigenvalue weighted by Gasteiger charge is 2.12. The maximum atomic E-state index is 11.6. The Bertz CT molecular complexity index is 402. The van der Waals surface area contributed by atoms with Gasteiger partial charge in [-0.25, -0.2) is 4.98 Å². The lowest BCUT2D eigenvalue weighted by atomic mass is 10.1. The molecule has 0 radical (unpaired) electrons. The molecule has 1 rings (SSSR count). The van der Waals surface area contributed by atoms with Gasteiger partial charge in [0.15, 0.2) is 0 Å². The van der Waals surface area contributed by atoms with Gasteiger partial charge in [0.1, 0.15) is 12.6 Å². The average Bonchev–Trinajstić information content (AvgIpc) is 2.64. The third-order valence-corrected chi connectivity index (χ3v) is 2.52. The standard InChI is InChI=1S/C11H16N4O/c1-8(2)9(3)14-11(16)7-15-5-4-13-10(15)6-12/h4-5,8-9H,7H2,1-3H3,(H,14,16). The van der Waals surface area contributed by atoms with Crippen LogP contribution in [0.1, 0.15) is 26.6 Å². The molecule has 1 N–H and O–H groups in total. The van der Waals surface area contributed by atoms with E-state index in [-0.39, 0.29) is 24.3 Å². The van der Waals surface area contributed by atoms with Crippen LogP contribution in [0, 0.1) is 17.2 Å². The van der Waals surface area contributed by atoms with E-state index in [9.17, 15) is 4.79 Å². The van der Waals surface area contributed by atoms with Crippen LogP contribution in [0.25, 0.3) is 0 Å². The zero-order chi connectivity index (χ0) is 12.1. The first-order chi connectivity index (χ1) is 7.54. The van der Waals surface area contributed by atoms with Crippen LogP contribution >= 0.6 is 0 Å². The number of nitriles is 1. The molecule has 0 aromatic carbocycles. The fourth-order valence-corrected chi connectivity index (χ4v) is 1.17. The second kappa shape index (κ2) is 5.31. The number of imidazole rings is 1. The monoisotopic (exact) mass is 220 g/mol. The topological polar surface area (TPSA) is 70.7 Å². The largest absolute Gasteiger partial charge is 0.352 e. The maximum Gasteiger partial charge on any atom is 0.240 e. The number of nitrogens with one attached hydrogen (secondary N) is 1. The third kappa shape index (κ3) is 3.09. The number of nitrogens with zero attached hydrogens (tertiary/aromatic N) is 3. The highest BCUT2D eigenvalue weighted by atomic mass is 16.2. The molecule has 1 atom stereocenters. The van der Waals surface area contributed by atoms with Crippen molar-refractivity contribution >= 4 is 5.91 Å². The minimum atomic E-state index is -0.101. The summed E-state index contributed by atoms with van der Waals surface area (Å²) in [7, 11) is 0. The first-order valence-corrected chi connectivity index (χ1v) is 5.25. The van der Waals surface area contributed by atoms with E-state index < -0.39 is 0 Å². The van der Waals surface area contributed by atoms with E-state index in [1.807, 2.05) is 26.8 Å². The minimum Gasteiger partial charge on any atom is -0.352 e. The maximum absolute atomic E-state index is 11.6. The highest BCUT2D eigenvalue weighted by Crippen LogP contribution is 2.00. The van der Waals surface area contributed by atoms with E-state index in [4.69, 9.17) is 5.26 Å². The van der Waals surface area contributed by atoms with Crippen LogP contribution in [0.5, 0.6) is 0 Å². The van der Waals surface area contributed by atoms with Crippen LogP contribution in [0.4, 0.5) is 0 Å². The number of hydrogen-bond donors (Lipinski definition) is 1. The van der Waals surface area contributed by atoms with E-state index in [0.717, 1.165) is 0 Å². The first-order valence-electron chi connectivity index (χ1n) is 5.25. The van der Waals surface area contributed by atoms with Gasteiger partial charge in [-0.05, 0) is 12.8 Å². The molecule has 1 heterocycles. The number of carbonyl (C=O) groups excluding carboxylic acids is 1. The van der Waals surface area contributed by atoms with Gasteiger partial charge in [0, 0.05) is 18.4 Å². The van der Waals surface area contributed by atoms with Crippen molar-refractivity contribution in [3.63, 3.8) is 0 Å². The van der Waals surface area contributed by atoms with Crippen molar-refractivity contribution in [2.45, 2.75) is 33.4 Å². The number of aromatic nitrogens is 2. The fourth-order valence-electron chi connectivity index (χ4n) is 1.17. The molecule has 0 aliphatic heterocycles. The van der Waals surface area contributed by atoms with Gasteiger partial charge in [-0.3, -0.25) is 4.79 Å². The van der Waals surface area contributed by atoms with Crippen LogP contribution in [0.2, 0.25) is 0 Å². The van der Waals surface area contributed by atoms with E-state index in [2.05, 4.69) is 10.3 Å². The molecular formula is C11H16N4O. The van der Waals surface area contributed by atoms with Gasteiger partial charge >= 0.3 is 0 Å². The third-order valence-electron chi connectivity index (χ3n) is 2.52. The van der Waals surface area contributed by atoms with Crippen molar-refractivity contribution < 1.29 is 4.79 Å². The van der Waals surface area contributed by atoms with Crippen molar-refractivity contribution in [2.75, 3.05) is 0 Å². The number of carbonyl (C=O) groups is 1. The van der Waals surface area contributed by atoms with Crippen LogP contribution in [-0.2, 0) is 11.3 Å². The van der Waals surface area contributed by atoms with Crippen molar-refractivity contribution in [3.8, 4) is 6.07 Å². The summed E-state index contributed by atoms with van der Waals surface area (Å²) in [5.74, 6) is 0.547. The second-order valence-electron chi connectivity index (χ2n) is 4.09. The van der Waals surface area contributed by atoms with Gasteiger partial charge in [-0.15, -0.1) is 0 Å². The Hall–Kier alpha value is -1.83. The number of hydrogen-bond acceptors (Lipinski definition) is 3. The summed E-state index contributed by atoms with van der Waals surface area (Å²) < 4.78 is 1.53. The van der Waals surface area contributed by atoms with E-state index >= 15 is 0 Å². The molecule has 5 heteroatoms. The molecule has 16 heavy (non-hydrogen) atoms. The van der Waals surface area contributed by atoms with E-state index in [1.165, 1.54) is 10.8 Å². The lowest BCUT2D eigenvalue weighted by Crippen LogP contribution is -2.38. The van der Waals surface area contributed by atoms with E-state index in [0.29, 0.717) is 5.92 Å². The highest BCUT2D eigenvalue weighted by molar-refractivity contribution is 5.76. The Labute approximate surface area is 95.1 Å². The lowest BCUT2D eigenvalue weighted by Gasteiger charge is -2.17. The first kappa shape index (κ1) is 12.2. The molecule has 5 nitrogen and oxygen atoms in total. The summed E-state index contributed by atoms with van der Waals surface area (Å²) in [6, 6.07) is 2.06. The van der Waals surface area contributed by atoms with Gasteiger partial charge < -0.3 is 9.88 Å². The Morgan fingerprint density at radius 2 is 2.31 bits per heavy atom. The van der Waals surface area contributed by atoms with Crippen molar-refractivity contribution in [1.29, 1.82) is 5.26 Å². The zero-order valence-electron chi connectivity index (χ0n) is 9.77. The molecule has 1 aromatic rings.